The molecule has 2 rings (SSSR count). The Hall–Kier alpha value is -1.49. The molecule has 2 N–H and O–H groups in total. The predicted octanol–water partition coefficient (Wildman–Crippen LogP) is 5.54. The van der Waals surface area contributed by atoms with Gasteiger partial charge in [-0.25, -0.2) is 0 Å². The fourth-order valence-electron chi connectivity index (χ4n) is 3.76. The molecule has 0 saturated heterocycles. The predicted molar refractivity (Wildman–Crippen MR) is 122 cm³/mol. The van der Waals surface area contributed by atoms with Gasteiger partial charge in [-0.05, 0) is 66.8 Å². The molecule has 158 valence electrons. The Morgan fingerprint density at radius 1 is 1.10 bits per heavy atom. The summed E-state index contributed by atoms with van der Waals surface area (Å²) in [6.45, 7) is 7.86. The van der Waals surface area contributed by atoms with Crippen LogP contribution in [-0.4, -0.2) is 22.6 Å². The van der Waals surface area contributed by atoms with Crippen LogP contribution < -0.4 is 0 Å². The van der Waals surface area contributed by atoms with Crippen LogP contribution in [0.5, 0.6) is 0 Å². The van der Waals surface area contributed by atoms with Gasteiger partial charge in [-0.3, -0.25) is 4.79 Å². The summed E-state index contributed by atoms with van der Waals surface area (Å²) in [6, 6.07) is 13.9. The molecule has 0 aromatic heterocycles. The molecule has 0 spiro atoms. The highest BCUT2D eigenvalue weighted by molar-refractivity contribution is 9.10. The number of aliphatic hydroxyl groups excluding tert-OH is 1. The second-order valence-corrected chi connectivity index (χ2v) is 9.53. The number of carbonyl (C=O) groups excluding carboxylic acids is 1. The van der Waals surface area contributed by atoms with Crippen LogP contribution in [0.25, 0.3) is 0 Å². The largest absolute Gasteiger partial charge is 0.396 e. The third-order valence-corrected chi connectivity index (χ3v) is 6.24. The fourth-order valence-corrected chi connectivity index (χ4v) is 4.18. The monoisotopic (exact) mass is 460 g/mol. The number of halogens is 1. The second kappa shape index (κ2) is 10.5. The van der Waals surface area contributed by atoms with Crippen molar-refractivity contribution in [2.45, 2.75) is 64.9 Å². The van der Waals surface area contributed by atoms with Crippen LogP contribution in [0.3, 0.4) is 0 Å². The van der Waals surface area contributed by atoms with Gasteiger partial charge in [0.1, 0.15) is 5.78 Å². The summed E-state index contributed by atoms with van der Waals surface area (Å²) in [4.78, 5) is 12.5. The van der Waals surface area contributed by atoms with E-state index in [-0.39, 0.29) is 24.2 Å². The Kier molecular flexibility index (Phi) is 8.62. The topological polar surface area (TPSA) is 57.5 Å². The van der Waals surface area contributed by atoms with Crippen molar-refractivity contribution in [3.63, 3.8) is 0 Å². The van der Waals surface area contributed by atoms with Gasteiger partial charge < -0.3 is 10.2 Å². The van der Waals surface area contributed by atoms with Crippen LogP contribution in [0.2, 0.25) is 0 Å². The van der Waals surface area contributed by atoms with E-state index in [1.54, 1.807) is 13.8 Å². The molecule has 2 aromatic rings. The zero-order valence-electron chi connectivity index (χ0n) is 17.9. The maximum atomic E-state index is 12.5. The van der Waals surface area contributed by atoms with Gasteiger partial charge in [0.15, 0.2) is 0 Å². The van der Waals surface area contributed by atoms with Crippen molar-refractivity contribution >= 4 is 21.7 Å². The average Bonchev–Trinajstić information content (AvgIpc) is 2.67. The summed E-state index contributed by atoms with van der Waals surface area (Å²) in [5, 5.41) is 20.2. The van der Waals surface area contributed by atoms with Crippen molar-refractivity contribution in [3.8, 4) is 0 Å². The summed E-state index contributed by atoms with van der Waals surface area (Å²) < 4.78 is 0.972. The van der Waals surface area contributed by atoms with E-state index in [4.69, 9.17) is 0 Å². The number of rotatable bonds is 10. The quantitative estimate of drug-likeness (QED) is 0.488. The van der Waals surface area contributed by atoms with Crippen molar-refractivity contribution < 1.29 is 15.0 Å². The first kappa shape index (κ1) is 23.8. The first-order valence-corrected chi connectivity index (χ1v) is 11.1. The van der Waals surface area contributed by atoms with Crippen molar-refractivity contribution in [3.05, 3.63) is 69.2 Å². The smallest absolute Gasteiger partial charge is 0.137 e. The van der Waals surface area contributed by atoms with Gasteiger partial charge in [0.25, 0.3) is 0 Å². The highest BCUT2D eigenvalue weighted by Crippen LogP contribution is 2.33. The zero-order chi connectivity index (χ0) is 21.6. The molecule has 0 aliphatic carbocycles. The average molecular weight is 461 g/mol. The molecule has 29 heavy (non-hydrogen) atoms. The lowest BCUT2D eigenvalue weighted by Gasteiger charge is -2.27. The van der Waals surface area contributed by atoms with Crippen LogP contribution >= 0.6 is 15.9 Å². The highest BCUT2D eigenvalue weighted by Gasteiger charge is 2.24. The third-order valence-electron chi connectivity index (χ3n) is 5.47. The standard InChI is InChI=1S/C25H33BrO3/c1-17(16-27)14-22-21(9-7-10-23(22)25(3,4)29)18(2)12-13-20(28)15-19-8-5-6-11-24(19)26/h5-11,17-18,27,29H,12-16H2,1-4H3/t17-,18-/m1/s1. The Balaban J connectivity index is 2.16. The Bertz CT molecular complexity index is 823. The van der Waals surface area contributed by atoms with Gasteiger partial charge in [-0.1, -0.05) is 66.2 Å². The van der Waals surface area contributed by atoms with E-state index >= 15 is 0 Å². The van der Waals surface area contributed by atoms with E-state index in [2.05, 4.69) is 28.9 Å². The first-order chi connectivity index (χ1) is 13.6. The van der Waals surface area contributed by atoms with Crippen LogP contribution in [0.15, 0.2) is 46.9 Å². The molecule has 0 fully saturated rings. The lowest BCUT2D eigenvalue weighted by Crippen LogP contribution is -2.21. The maximum absolute atomic E-state index is 12.5. The molecule has 0 radical (unpaired) electrons. The van der Waals surface area contributed by atoms with Crippen molar-refractivity contribution in [2.24, 2.45) is 5.92 Å². The lowest BCUT2D eigenvalue weighted by atomic mass is 9.81. The molecule has 3 nitrogen and oxygen atoms in total. The molecular formula is C25H33BrO3. The minimum atomic E-state index is -0.949. The van der Waals surface area contributed by atoms with E-state index < -0.39 is 5.60 Å². The first-order valence-electron chi connectivity index (χ1n) is 10.3. The van der Waals surface area contributed by atoms with E-state index in [1.165, 1.54) is 5.56 Å². The van der Waals surface area contributed by atoms with Gasteiger partial charge in [-0.2, -0.15) is 0 Å². The Morgan fingerprint density at radius 2 is 1.79 bits per heavy atom. The van der Waals surface area contributed by atoms with Crippen molar-refractivity contribution in [1.82, 2.24) is 0 Å². The minimum absolute atomic E-state index is 0.110. The van der Waals surface area contributed by atoms with Gasteiger partial charge in [-0.15, -0.1) is 0 Å². The number of carbonyl (C=O) groups is 1. The molecule has 2 aromatic carbocycles. The van der Waals surface area contributed by atoms with Crippen LogP contribution in [0, 0.1) is 5.92 Å². The van der Waals surface area contributed by atoms with Crippen LogP contribution in [-0.2, 0) is 23.2 Å². The van der Waals surface area contributed by atoms with Gasteiger partial charge in [0.2, 0.25) is 0 Å². The molecule has 0 aliphatic rings. The zero-order valence-corrected chi connectivity index (χ0v) is 19.5. The minimum Gasteiger partial charge on any atom is -0.396 e. The van der Waals surface area contributed by atoms with Crippen molar-refractivity contribution in [2.75, 3.05) is 6.61 Å². The summed E-state index contributed by atoms with van der Waals surface area (Å²) in [5.74, 6) is 0.538. The van der Waals surface area contributed by atoms with E-state index in [0.29, 0.717) is 19.3 Å². The van der Waals surface area contributed by atoms with E-state index in [0.717, 1.165) is 27.6 Å². The highest BCUT2D eigenvalue weighted by atomic mass is 79.9. The normalized spacial score (nSPS) is 13.9. The Morgan fingerprint density at radius 3 is 2.41 bits per heavy atom. The Labute approximate surface area is 183 Å². The molecule has 0 aliphatic heterocycles. The maximum Gasteiger partial charge on any atom is 0.137 e. The van der Waals surface area contributed by atoms with Crippen LogP contribution in [0.4, 0.5) is 0 Å². The van der Waals surface area contributed by atoms with Crippen LogP contribution in [0.1, 0.15) is 68.7 Å². The van der Waals surface area contributed by atoms with Gasteiger partial charge in [0, 0.05) is 23.9 Å². The molecular weight excluding hydrogens is 428 g/mol. The number of hydrogen-bond acceptors (Lipinski definition) is 3. The SMILES string of the molecule is C[C@@H](CO)Cc1c([C@H](C)CCC(=O)Cc2ccccc2Br)cccc1C(C)(C)O. The molecule has 2 atom stereocenters. The molecule has 0 amide bonds. The summed E-state index contributed by atoms with van der Waals surface area (Å²) in [6.07, 6.45) is 2.43. The number of aliphatic hydroxyl groups is 2. The second-order valence-electron chi connectivity index (χ2n) is 8.67. The molecule has 0 bridgehead atoms. The number of Topliss-reactive ketones (excluding diaryl/α,β-unsaturated/α-hetero) is 1. The van der Waals surface area contributed by atoms with Crippen molar-refractivity contribution in [1.29, 1.82) is 0 Å². The molecule has 0 unspecified atom stereocenters. The molecule has 4 heteroatoms. The number of hydrogen-bond donors (Lipinski definition) is 2. The van der Waals surface area contributed by atoms with Gasteiger partial charge >= 0.3 is 0 Å². The van der Waals surface area contributed by atoms with Gasteiger partial charge in [0.05, 0.1) is 5.60 Å². The van der Waals surface area contributed by atoms with E-state index in [1.807, 2.05) is 43.3 Å². The van der Waals surface area contributed by atoms with E-state index in [9.17, 15) is 15.0 Å². The number of ketones is 1. The molecule has 0 saturated carbocycles. The molecule has 0 heterocycles. The summed E-state index contributed by atoms with van der Waals surface area (Å²) >= 11 is 3.51. The summed E-state index contributed by atoms with van der Waals surface area (Å²) in [7, 11) is 0. The third kappa shape index (κ3) is 6.77. The summed E-state index contributed by atoms with van der Waals surface area (Å²) in [5.41, 5.74) is 3.24. The fraction of sp³-hybridized carbons (Fsp3) is 0.480. The number of benzene rings is 2. The lowest BCUT2D eigenvalue weighted by molar-refractivity contribution is -0.118.